The molecular formula is C14H18F3N3O. The second-order valence-electron chi connectivity index (χ2n) is 5.15. The third-order valence-electron chi connectivity index (χ3n) is 3.52. The molecular weight excluding hydrogens is 283 g/mol. The average Bonchev–Trinajstić information content (AvgIpc) is 2.46. The zero-order valence-electron chi connectivity index (χ0n) is 11.7. The van der Waals surface area contributed by atoms with Crippen molar-refractivity contribution in [3.63, 3.8) is 0 Å². The second kappa shape index (κ2) is 5.93. The molecule has 2 N–H and O–H groups in total. The number of carbonyl (C=O) groups excluding carboxylic acids is 1. The Kier molecular flexibility index (Phi) is 4.41. The van der Waals surface area contributed by atoms with Crippen LogP contribution >= 0.6 is 0 Å². The van der Waals surface area contributed by atoms with Gasteiger partial charge < -0.3 is 15.5 Å². The summed E-state index contributed by atoms with van der Waals surface area (Å²) in [5.74, 6) is -0.126. The maximum atomic E-state index is 12.7. The molecule has 1 fully saturated rings. The number of benzene rings is 1. The van der Waals surface area contributed by atoms with Crippen LogP contribution in [-0.2, 0) is 11.0 Å². The van der Waals surface area contributed by atoms with E-state index in [-0.39, 0.29) is 5.91 Å². The van der Waals surface area contributed by atoms with Crippen LogP contribution in [0.3, 0.4) is 0 Å². The number of hydrogen-bond donors (Lipinski definition) is 1. The van der Waals surface area contributed by atoms with Gasteiger partial charge in [0.25, 0.3) is 0 Å². The zero-order valence-corrected chi connectivity index (χ0v) is 11.7. The fourth-order valence-electron chi connectivity index (χ4n) is 2.35. The number of anilines is 1. The van der Waals surface area contributed by atoms with Gasteiger partial charge in [-0.05, 0) is 25.1 Å². The topological polar surface area (TPSA) is 49.6 Å². The van der Waals surface area contributed by atoms with Gasteiger partial charge in [-0.2, -0.15) is 13.2 Å². The maximum absolute atomic E-state index is 12.7. The first kappa shape index (κ1) is 15.6. The van der Waals surface area contributed by atoms with Crippen LogP contribution in [0.2, 0.25) is 0 Å². The predicted molar refractivity (Wildman–Crippen MR) is 73.9 cm³/mol. The first-order valence-corrected chi connectivity index (χ1v) is 6.75. The molecule has 1 aliphatic heterocycles. The van der Waals surface area contributed by atoms with Gasteiger partial charge in [0.2, 0.25) is 5.91 Å². The molecule has 1 aromatic carbocycles. The maximum Gasteiger partial charge on any atom is 0.416 e. The second-order valence-corrected chi connectivity index (χ2v) is 5.15. The van der Waals surface area contributed by atoms with Crippen molar-refractivity contribution in [3.05, 3.63) is 29.8 Å². The Morgan fingerprint density at radius 2 is 1.86 bits per heavy atom. The lowest BCUT2D eigenvalue weighted by Gasteiger charge is -2.37. The number of halogens is 3. The van der Waals surface area contributed by atoms with E-state index in [2.05, 4.69) is 0 Å². The van der Waals surface area contributed by atoms with E-state index in [4.69, 9.17) is 5.73 Å². The first-order chi connectivity index (χ1) is 9.79. The number of carbonyl (C=O) groups is 1. The summed E-state index contributed by atoms with van der Waals surface area (Å²) in [7, 11) is 0. The van der Waals surface area contributed by atoms with Gasteiger partial charge in [0.1, 0.15) is 0 Å². The molecule has 1 heterocycles. The molecule has 0 radical (unpaired) electrons. The number of nitrogens with zero attached hydrogens (tertiary/aromatic N) is 2. The number of rotatable bonds is 2. The molecule has 0 spiro atoms. The van der Waals surface area contributed by atoms with E-state index in [0.29, 0.717) is 31.9 Å². The molecule has 0 unspecified atom stereocenters. The molecule has 0 aromatic heterocycles. The number of nitrogens with two attached hydrogens (primary N) is 1. The standard InChI is InChI=1S/C14H18F3N3O/c1-10(18)13(21)20-7-5-19(6-8-20)12-4-2-3-11(9-12)14(15,16)17/h2-4,9-10H,5-8,18H2,1H3/t10-/m0/s1. The lowest BCUT2D eigenvalue weighted by atomic mass is 10.1. The Labute approximate surface area is 121 Å². The third kappa shape index (κ3) is 3.66. The Bertz CT molecular complexity index is 508. The van der Waals surface area contributed by atoms with Crippen LogP contribution in [-0.4, -0.2) is 43.0 Å². The quantitative estimate of drug-likeness (QED) is 0.904. The molecule has 1 aliphatic rings. The molecule has 4 nitrogen and oxygen atoms in total. The highest BCUT2D eigenvalue weighted by atomic mass is 19.4. The molecule has 0 bridgehead atoms. The smallest absolute Gasteiger partial charge is 0.368 e. The summed E-state index contributed by atoms with van der Waals surface area (Å²) in [6, 6.07) is 4.70. The van der Waals surface area contributed by atoms with Crippen LogP contribution in [0.25, 0.3) is 0 Å². The molecule has 2 rings (SSSR count). The summed E-state index contributed by atoms with van der Waals surface area (Å²) in [5.41, 5.74) is 5.42. The van der Waals surface area contributed by atoms with Gasteiger partial charge in [-0.3, -0.25) is 4.79 Å². The lowest BCUT2D eigenvalue weighted by Crippen LogP contribution is -2.52. The summed E-state index contributed by atoms with van der Waals surface area (Å²) < 4.78 is 38.1. The van der Waals surface area contributed by atoms with Crippen molar-refractivity contribution in [3.8, 4) is 0 Å². The molecule has 0 saturated carbocycles. The van der Waals surface area contributed by atoms with Gasteiger partial charge in [0, 0.05) is 31.9 Å². The Balaban J connectivity index is 2.04. The minimum absolute atomic E-state index is 0.126. The monoisotopic (exact) mass is 301 g/mol. The average molecular weight is 301 g/mol. The number of piperazine rings is 1. The van der Waals surface area contributed by atoms with Crippen LogP contribution in [0, 0.1) is 0 Å². The minimum Gasteiger partial charge on any atom is -0.368 e. The van der Waals surface area contributed by atoms with Crippen molar-refractivity contribution >= 4 is 11.6 Å². The van der Waals surface area contributed by atoms with Crippen LogP contribution in [0.4, 0.5) is 18.9 Å². The van der Waals surface area contributed by atoms with Crippen LogP contribution in [0.5, 0.6) is 0 Å². The van der Waals surface area contributed by atoms with Crippen molar-refractivity contribution in [2.45, 2.75) is 19.1 Å². The van der Waals surface area contributed by atoms with Crippen LogP contribution in [0.1, 0.15) is 12.5 Å². The van der Waals surface area contributed by atoms with E-state index in [1.54, 1.807) is 17.9 Å². The highest BCUT2D eigenvalue weighted by molar-refractivity contribution is 5.81. The number of hydrogen-bond acceptors (Lipinski definition) is 3. The van der Waals surface area contributed by atoms with E-state index in [9.17, 15) is 18.0 Å². The summed E-state index contributed by atoms with van der Waals surface area (Å²) in [6.45, 7) is 3.56. The van der Waals surface area contributed by atoms with Gasteiger partial charge in [-0.25, -0.2) is 0 Å². The van der Waals surface area contributed by atoms with E-state index >= 15 is 0 Å². The largest absolute Gasteiger partial charge is 0.416 e. The highest BCUT2D eigenvalue weighted by Crippen LogP contribution is 2.31. The summed E-state index contributed by atoms with van der Waals surface area (Å²) >= 11 is 0. The fourth-order valence-corrected chi connectivity index (χ4v) is 2.35. The van der Waals surface area contributed by atoms with Crippen molar-refractivity contribution in [2.24, 2.45) is 5.73 Å². The molecule has 1 amide bonds. The van der Waals surface area contributed by atoms with Gasteiger partial charge >= 0.3 is 6.18 Å². The third-order valence-corrected chi connectivity index (χ3v) is 3.52. The first-order valence-electron chi connectivity index (χ1n) is 6.75. The van der Waals surface area contributed by atoms with E-state index < -0.39 is 17.8 Å². The lowest BCUT2D eigenvalue weighted by molar-refractivity contribution is -0.137. The van der Waals surface area contributed by atoms with Crippen molar-refractivity contribution in [1.82, 2.24) is 4.90 Å². The SMILES string of the molecule is C[C@H](N)C(=O)N1CCN(c2cccc(C(F)(F)F)c2)CC1. The fraction of sp³-hybridized carbons (Fsp3) is 0.500. The minimum atomic E-state index is -4.34. The summed E-state index contributed by atoms with van der Waals surface area (Å²) in [6.07, 6.45) is -4.34. The van der Waals surface area contributed by atoms with Gasteiger partial charge in [0.05, 0.1) is 11.6 Å². The van der Waals surface area contributed by atoms with E-state index in [0.717, 1.165) is 12.1 Å². The van der Waals surface area contributed by atoms with Gasteiger partial charge in [-0.1, -0.05) is 6.07 Å². The molecule has 1 aromatic rings. The highest BCUT2D eigenvalue weighted by Gasteiger charge is 2.31. The van der Waals surface area contributed by atoms with Crippen molar-refractivity contribution < 1.29 is 18.0 Å². The summed E-state index contributed by atoms with van der Waals surface area (Å²) in [4.78, 5) is 15.3. The van der Waals surface area contributed by atoms with Crippen LogP contribution in [0.15, 0.2) is 24.3 Å². The Morgan fingerprint density at radius 3 is 2.38 bits per heavy atom. The van der Waals surface area contributed by atoms with Crippen molar-refractivity contribution in [2.75, 3.05) is 31.1 Å². The Morgan fingerprint density at radius 1 is 1.24 bits per heavy atom. The van der Waals surface area contributed by atoms with Crippen molar-refractivity contribution in [1.29, 1.82) is 0 Å². The molecule has 0 aliphatic carbocycles. The zero-order chi connectivity index (χ0) is 15.6. The molecule has 1 atom stereocenters. The van der Waals surface area contributed by atoms with Gasteiger partial charge in [-0.15, -0.1) is 0 Å². The molecule has 1 saturated heterocycles. The van der Waals surface area contributed by atoms with Gasteiger partial charge in [0.15, 0.2) is 0 Å². The molecule has 21 heavy (non-hydrogen) atoms. The number of amides is 1. The number of alkyl halides is 3. The Hall–Kier alpha value is -1.76. The molecule has 116 valence electrons. The normalized spacial score (nSPS) is 17.8. The summed E-state index contributed by atoms with van der Waals surface area (Å²) in [5, 5.41) is 0. The molecule has 7 heteroatoms. The van der Waals surface area contributed by atoms with E-state index in [1.807, 2.05) is 4.90 Å². The van der Waals surface area contributed by atoms with Crippen LogP contribution < -0.4 is 10.6 Å². The van der Waals surface area contributed by atoms with E-state index in [1.165, 1.54) is 6.07 Å². The predicted octanol–water partition coefficient (Wildman–Crippen LogP) is 1.70.